The summed E-state index contributed by atoms with van der Waals surface area (Å²) in [5.41, 5.74) is 2.15. The third-order valence-electron chi connectivity index (χ3n) is 1.77. The summed E-state index contributed by atoms with van der Waals surface area (Å²) in [6, 6.07) is 1.65. The first kappa shape index (κ1) is 8.71. The molecule has 0 radical (unpaired) electrons. The van der Waals surface area contributed by atoms with Crippen LogP contribution < -0.4 is 0 Å². The molecule has 12 heavy (non-hydrogen) atoms. The maximum atomic E-state index is 10.5. The zero-order chi connectivity index (χ0) is 9.14. The van der Waals surface area contributed by atoms with E-state index in [1.807, 2.05) is 13.8 Å². The summed E-state index contributed by atoms with van der Waals surface area (Å²) in [7, 11) is 0. The van der Waals surface area contributed by atoms with E-state index < -0.39 is 5.97 Å². The molecule has 1 aromatic rings. The van der Waals surface area contributed by atoms with Gasteiger partial charge in [0.2, 0.25) is 0 Å². The number of hydrogen-bond donors (Lipinski definition) is 1. The highest BCUT2D eigenvalue weighted by molar-refractivity contribution is 5.87. The average molecular weight is 165 g/mol. The number of rotatable bonds is 2. The number of carboxylic acids is 1. The molecule has 0 saturated carbocycles. The number of nitrogens with zero attached hydrogens (tertiary/aromatic N) is 1. The molecule has 0 aromatic carbocycles. The molecule has 0 aliphatic rings. The fourth-order valence-electron chi connectivity index (χ4n) is 1.09. The van der Waals surface area contributed by atoms with Crippen molar-refractivity contribution in [3.05, 3.63) is 29.1 Å². The van der Waals surface area contributed by atoms with Crippen molar-refractivity contribution in [2.45, 2.75) is 20.3 Å². The van der Waals surface area contributed by atoms with Gasteiger partial charge in [-0.3, -0.25) is 4.98 Å². The first-order chi connectivity index (χ1) is 5.65. The molecule has 3 nitrogen and oxygen atoms in total. The summed E-state index contributed by atoms with van der Waals surface area (Å²) in [4.78, 5) is 14.5. The SMILES string of the molecule is CCc1ncc(C(=O)O)cc1C. The maximum Gasteiger partial charge on any atom is 0.337 e. The number of carboxylic acid groups (broad SMARTS) is 1. The first-order valence-electron chi connectivity index (χ1n) is 3.84. The normalized spacial score (nSPS) is 9.83. The molecule has 1 aromatic heterocycles. The van der Waals surface area contributed by atoms with Gasteiger partial charge in [-0.1, -0.05) is 6.92 Å². The molecule has 3 heteroatoms. The van der Waals surface area contributed by atoms with Crippen molar-refractivity contribution in [2.24, 2.45) is 0 Å². The Bertz CT molecular complexity index is 307. The van der Waals surface area contributed by atoms with Crippen LogP contribution in [0.4, 0.5) is 0 Å². The minimum atomic E-state index is -0.923. The van der Waals surface area contributed by atoms with E-state index in [9.17, 15) is 4.79 Å². The number of aromatic carboxylic acids is 1. The largest absolute Gasteiger partial charge is 0.478 e. The fourth-order valence-corrected chi connectivity index (χ4v) is 1.09. The molecule has 0 spiro atoms. The predicted octanol–water partition coefficient (Wildman–Crippen LogP) is 1.65. The summed E-state index contributed by atoms with van der Waals surface area (Å²) in [6.45, 7) is 3.87. The van der Waals surface area contributed by atoms with Crippen molar-refractivity contribution in [3.8, 4) is 0 Å². The van der Waals surface area contributed by atoms with Crippen LogP contribution in [0.1, 0.15) is 28.5 Å². The van der Waals surface area contributed by atoms with Crippen molar-refractivity contribution in [3.63, 3.8) is 0 Å². The molecule has 0 fully saturated rings. The van der Waals surface area contributed by atoms with Crippen molar-refractivity contribution in [2.75, 3.05) is 0 Å². The van der Waals surface area contributed by atoms with Crippen LogP contribution in [0.25, 0.3) is 0 Å². The second-order valence-corrected chi connectivity index (χ2v) is 2.65. The molecule has 0 bridgehead atoms. The Kier molecular flexibility index (Phi) is 2.43. The number of aromatic nitrogens is 1. The second-order valence-electron chi connectivity index (χ2n) is 2.65. The zero-order valence-corrected chi connectivity index (χ0v) is 7.16. The van der Waals surface area contributed by atoms with E-state index in [2.05, 4.69) is 4.98 Å². The summed E-state index contributed by atoms with van der Waals surface area (Å²) in [6.07, 6.45) is 2.24. The van der Waals surface area contributed by atoms with Gasteiger partial charge in [-0.2, -0.15) is 0 Å². The fraction of sp³-hybridized carbons (Fsp3) is 0.333. The van der Waals surface area contributed by atoms with Gasteiger partial charge < -0.3 is 5.11 Å². The first-order valence-corrected chi connectivity index (χ1v) is 3.84. The van der Waals surface area contributed by atoms with Crippen LogP contribution in [0, 0.1) is 6.92 Å². The number of aryl methyl sites for hydroxylation is 2. The lowest BCUT2D eigenvalue weighted by Crippen LogP contribution is -2.00. The molecule has 0 unspecified atom stereocenters. The Morgan fingerprint density at radius 3 is 2.75 bits per heavy atom. The number of hydrogen-bond acceptors (Lipinski definition) is 2. The third-order valence-corrected chi connectivity index (χ3v) is 1.77. The lowest BCUT2D eigenvalue weighted by atomic mass is 10.1. The molecule has 0 amide bonds. The molecule has 1 heterocycles. The molecule has 0 atom stereocenters. The highest BCUT2D eigenvalue weighted by atomic mass is 16.4. The Labute approximate surface area is 71.1 Å². The van der Waals surface area contributed by atoms with Crippen LogP contribution in [-0.2, 0) is 6.42 Å². The Morgan fingerprint density at radius 1 is 1.67 bits per heavy atom. The van der Waals surface area contributed by atoms with Crippen LogP contribution >= 0.6 is 0 Å². The van der Waals surface area contributed by atoms with Crippen molar-refractivity contribution in [1.29, 1.82) is 0 Å². The zero-order valence-electron chi connectivity index (χ0n) is 7.16. The maximum absolute atomic E-state index is 10.5. The summed E-state index contributed by atoms with van der Waals surface area (Å²) in [5.74, 6) is -0.923. The summed E-state index contributed by atoms with van der Waals surface area (Å²) < 4.78 is 0. The Balaban J connectivity index is 3.10. The van der Waals surface area contributed by atoms with Gasteiger partial charge in [-0.05, 0) is 25.0 Å². The van der Waals surface area contributed by atoms with Gasteiger partial charge in [0, 0.05) is 11.9 Å². The quantitative estimate of drug-likeness (QED) is 0.724. The minimum Gasteiger partial charge on any atom is -0.478 e. The van der Waals surface area contributed by atoms with Gasteiger partial charge in [0.15, 0.2) is 0 Å². The topological polar surface area (TPSA) is 50.2 Å². The lowest BCUT2D eigenvalue weighted by Gasteiger charge is -2.01. The van der Waals surface area contributed by atoms with Gasteiger partial charge in [0.1, 0.15) is 0 Å². The third kappa shape index (κ3) is 1.61. The van der Waals surface area contributed by atoms with Gasteiger partial charge in [-0.25, -0.2) is 4.79 Å². The van der Waals surface area contributed by atoms with Crippen LogP contribution in [0.2, 0.25) is 0 Å². The van der Waals surface area contributed by atoms with E-state index in [0.29, 0.717) is 0 Å². The smallest absolute Gasteiger partial charge is 0.337 e. The van der Waals surface area contributed by atoms with Crippen molar-refractivity contribution < 1.29 is 9.90 Å². The van der Waals surface area contributed by atoms with E-state index in [4.69, 9.17) is 5.11 Å². The summed E-state index contributed by atoms with van der Waals surface area (Å²) in [5, 5.41) is 8.63. The van der Waals surface area contributed by atoms with E-state index >= 15 is 0 Å². The van der Waals surface area contributed by atoms with E-state index in [1.165, 1.54) is 6.20 Å². The molecular formula is C9H11NO2. The van der Waals surface area contributed by atoms with Crippen LogP contribution in [0.15, 0.2) is 12.3 Å². The van der Waals surface area contributed by atoms with E-state index in [-0.39, 0.29) is 5.56 Å². The molecule has 0 saturated heterocycles. The van der Waals surface area contributed by atoms with Crippen LogP contribution in [0.3, 0.4) is 0 Å². The number of pyridine rings is 1. The van der Waals surface area contributed by atoms with Crippen LogP contribution in [0.5, 0.6) is 0 Å². The van der Waals surface area contributed by atoms with Crippen LogP contribution in [-0.4, -0.2) is 16.1 Å². The van der Waals surface area contributed by atoms with Gasteiger partial charge in [0.05, 0.1) is 5.56 Å². The molecule has 1 N–H and O–H groups in total. The molecular weight excluding hydrogens is 154 g/mol. The van der Waals surface area contributed by atoms with Gasteiger partial charge in [0.25, 0.3) is 0 Å². The van der Waals surface area contributed by atoms with Crippen molar-refractivity contribution in [1.82, 2.24) is 4.98 Å². The molecule has 64 valence electrons. The highest BCUT2D eigenvalue weighted by Gasteiger charge is 2.04. The average Bonchev–Trinajstić information content (AvgIpc) is 2.04. The monoisotopic (exact) mass is 165 g/mol. The van der Waals surface area contributed by atoms with Gasteiger partial charge in [-0.15, -0.1) is 0 Å². The van der Waals surface area contributed by atoms with Gasteiger partial charge >= 0.3 is 5.97 Å². The summed E-state index contributed by atoms with van der Waals surface area (Å²) >= 11 is 0. The van der Waals surface area contributed by atoms with E-state index in [1.54, 1.807) is 6.07 Å². The molecule has 0 aliphatic carbocycles. The standard InChI is InChI=1S/C9H11NO2/c1-3-8-6(2)4-7(5-10-8)9(11)12/h4-5H,3H2,1-2H3,(H,11,12). The minimum absolute atomic E-state index is 0.254. The molecule has 0 aliphatic heterocycles. The van der Waals surface area contributed by atoms with E-state index in [0.717, 1.165) is 17.7 Å². The van der Waals surface area contributed by atoms with Crippen molar-refractivity contribution >= 4 is 5.97 Å². The highest BCUT2D eigenvalue weighted by Crippen LogP contribution is 2.07. The second kappa shape index (κ2) is 3.34. The lowest BCUT2D eigenvalue weighted by molar-refractivity contribution is 0.0696. The Hall–Kier alpha value is -1.38. The number of carbonyl (C=O) groups is 1. The molecule has 1 rings (SSSR count). The Morgan fingerprint density at radius 2 is 2.33 bits per heavy atom. The predicted molar refractivity (Wildman–Crippen MR) is 45.3 cm³/mol.